The third-order valence-electron chi connectivity index (χ3n) is 2.10. The van der Waals surface area contributed by atoms with Gasteiger partial charge in [-0.25, -0.2) is 4.79 Å². The number of carboxylic acids is 1. The number of carbonyl (C=O) groups is 2. The Kier molecular flexibility index (Phi) is 3.98. The minimum Gasteiger partial charge on any atom is -0.478 e. The topological polar surface area (TPSA) is 121 Å². The first-order valence-corrected chi connectivity index (χ1v) is 6.04. The molecule has 0 unspecified atom stereocenters. The van der Waals surface area contributed by atoms with Crippen LogP contribution in [0, 0.1) is 0 Å². The fraction of sp³-hybridized carbons (Fsp3) is 0.100. The third kappa shape index (κ3) is 3.45. The normalized spacial score (nSPS) is 10.7. The zero-order chi connectivity index (χ0) is 13.7. The molecule has 2 aromatic heterocycles. The number of rotatable bonds is 5. The maximum absolute atomic E-state index is 11.9. The lowest BCUT2D eigenvalue weighted by atomic mass is 10.2. The summed E-state index contributed by atoms with van der Waals surface area (Å²) < 4.78 is 0. The van der Waals surface area contributed by atoms with Gasteiger partial charge < -0.3 is 10.4 Å². The molecule has 0 fully saturated rings. The van der Waals surface area contributed by atoms with E-state index in [0.717, 1.165) is 6.08 Å². The molecule has 0 bridgehead atoms. The number of hydrogen-bond acceptors (Lipinski definition) is 6. The SMILES string of the molecule is O=C(O)/C=C/c1ccsc1C(=O)NCc1nn[nH]n1. The highest BCUT2D eigenvalue weighted by Gasteiger charge is 2.12. The number of tetrazole rings is 1. The monoisotopic (exact) mass is 279 g/mol. The number of H-pyrrole nitrogens is 1. The van der Waals surface area contributed by atoms with E-state index >= 15 is 0 Å². The molecule has 0 radical (unpaired) electrons. The van der Waals surface area contributed by atoms with E-state index in [1.165, 1.54) is 17.4 Å². The summed E-state index contributed by atoms with van der Waals surface area (Å²) in [5.41, 5.74) is 0.554. The number of aliphatic carboxylic acids is 1. The predicted octanol–water partition coefficient (Wildman–Crippen LogP) is 0.289. The van der Waals surface area contributed by atoms with Crippen molar-refractivity contribution in [2.45, 2.75) is 6.54 Å². The fourth-order valence-corrected chi connectivity index (χ4v) is 2.10. The molecule has 0 aliphatic rings. The molecule has 9 heteroatoms. The zero-order valence-electron chi connectivity index (χ0n) is 9.53. The van der Waals surface area contributed by atoms with Gasteiger partial charge in [-0.1, -0.05) is 5.21 Å². The molecule has 8 nitrogen and oxygen atoms in total. The number of nitrogens with zero attached hydrogens (tertiary/aromatic N) is 3. The van der Waals surface area contributed by atoms with Crippen LogP contribution in [-0.4, -0.2) is 37.6 Å². The predicted molar refractivity (Wildman–Crippen MR) is 66.3 cm³/mol. The lowest BCUT2D eigenvalue weighted by molar-refractivity contribution is -0.131. The molecule has 1 amide bonds. The zero-order valence-corrected chi connectivity index (χ0v) is 10.3. The summed E-state index contributed by atoms with van der Waals surface area (Å²) in [7, 11) is 0. The summed E-state index contributed by atoms with van der Waals surface area (Å²) in [6, 6.07) is 1.67. The number of aromatic nitrogens is 4. The van der Waals surface area contributed by atoms with Crippen LogP contribution in [0.3, 0.4) is 0 Å². The maximum atomic E-state index is 11.9. The summed E-state index contributed by atoms with van der Waals surface area (Å²) in [4.78, 5) is 22.8. The van der Waals surface area contributed by atoms with Crippen molar-refractivity contribution in [2.75, 3.05) is 0 Å². The molecular weight excluding hydrogens is 270 g/mol. The van der Waals surface area contributed by atoms with Crippen LogP contribution in [0.2, 0.25) is 0 Å². The van der Waals surface area contributed by atoms with Gasteiger partial charge in [0.2, 0.25) is 0 Å². The van der Waals surface area contributed by atoms with E-state index in [2.05, 4.69) is 25.9 Å². The Morgan fingerprint density at radius 3 is 3.05 bits per heavy atom. The van der Waals surface area contributed by atoms with Crippen LogP contribution in [-0.2, 0) is 11.3 Å². The summed E-state index contributed by atoms with van der Waals surface area (Å²) in [6.07, 6.45) is 2.36. The van der Waals surface area contributed by atoms with Crippen LogP contribution in [0.25, 0.3) is 6.08 Å². The van der Waals surface area contributed by atoms with Crippen molar-refractivity contribution < 1.29 is 14.7 Å². The molecule has 0 atom stereocenters. The Morgan fingerprint density at radius 1 is 1.53 bits per heavy atom. The van der Waals surface area contributed by atoms with Crippen LogP contribution in [0.1, 0.15) is 21.1 Å². The number of nitrogens with one attached hydrogen (secondary N) is 2. The second-order valence-electron chi connectivity index (χ2n) is 3.39. The van der Waals surface area contributed by atoms with Crippen molar-refractivity contribution in [3.05, 3.63) is 33.8 Å². The Labute approximate surface area is 111 Å². The summed E-state index contributed by atoms with van der Waals surface area (Å²) in [5, 5.41) is 25.9. The quantitative estimate of drug-likeness (QED) is 0.676. The van der Waals surface area contributed by atoms with Crippen LogP contribution in [0.4, 0.5) is 0 Å². The van der Waals surface area contributed by atoms with Gasteiger partial charge >= 0.3 is 5.97 Å². The van der Waals surface area contributed by atoms with Crippen molar-refractivity contribution in [3.63, 3.8) is 0 Å². The summed E-state index contributed by atoms with van der Waals surface area (Å²) in [5.74, 6) is -1.01. The molecule has 2 aromatic rings. The third-order valence-corrected chi connectivity index (χ3v) is 3.03. The van der Waals surface area contributed by atoms with Gasteiger partial charge in [-0.2, -0.15) is 5.21 Å². The van der Waals surface area contributed by atoms with E-state index in [-0.39, 0.29) is 12.5 Å². The molecule has 98 valence electrons. The largest absolute Gasteiger partial charge is 0.478 e. The summed E-state index contributed by atoms with van der Waals surface area (Å²) in [6.45, 7) is 0.148. The number of amides is 1. The highest BCUT2D eigenvalue weighted by atomic mass is 32.1. The molecule has 0 saturated heterocycles. The minimum atomic E-state index is -1.07. The molecule has 19 heavy (non-hydrogen) atoms. The highest BCUT2D eigenvalue weighted by Crippen LogP contribution is 2.18. The van der Waals surface area contributed by atoms with Crippen molar-refractivity contribution in [1.82, 2.24) is 25.9 Å². The van der Waals surface area contributed by atoms with E-state index < -0.39 is 5.97 Å². The Balaban J connectivity index is 2.03. The second-order valence-corrected chi connectivity index (χ2v) is 4.30. The molecule has 0 spiro atoms. The van der Waals surface area contributed by atoms with Crippen molar-refractivity contribution >= 4 is 29.3 Å². The standard InChI is InChI=1S/C10H9N5O3S/c16-8(17)2-1-6-3-4-19-9(6)10(18)11-5-7-12-14-15-13-7/h1-4H,5H2,(H,11,18)(H,16,17)(H,12,13,14,15)/b2-1+. The van der Waals surface area contributed by atoms with Crippen LogP contribution >= 0.6 is 11.3 Å². The molecule has 0 saturated carbocycles. The average molecular weight is 279 g/mol. The second kappa shape index (κ2) is 5.87. The summed E-state index contributed by atoms with van der Waals surface area (Å²) >= 11 is 1.23. The van der Waals surface area contributed by atoms with Gasteiger partial charge in [-0.15, -0.1) is 21.5 Å². The van der Waals surface area contributed by atoms with Crippen LogP contribution < -0.4 is 5.32 Å². The smallest absolute Gasteiger partial charge is 0.328 e. The number of carboxylic acid groups (broad SMARTS) is 1. The van der Waals surface area contributed by atoms with Crippen molar-refractivity contribution in [2.24, 2.45) is 0 Å². The van der Waals surface area contributed by atoms with Gasteiger partial charge in [-0.05, 0) is 23.1 Å². The van der Waals surface area contributed by atoms with Gasteiger partial charge in [0.15, 0.2) is 5.82 Å². The number of aromatic amines is 1. The van der Waals surface area contributed by atoms with Gasteiger partial charge in [0, 0.05) is 6.08 Å². The molecule has 0 aromatic carbocycles. The van der Waals surface area contributed by atoms with Gasteiger partial charge in [0.25, 0.3) is 5.91 Å². The first-order valence-electron chi connectivity index (χ1n) is 5.16. The first-order chi connectivity index (χ1) is 9.16. The fourth-order valence-electron chi connectivity index (χ4n) is 1.29. The highest BCUT2D eigenvalue weighted by molar-refractivity contribution is 7.12. The molecule has 2 rings (SSSR count). The van der Waals surface area contributed by atoms with E-state index in [1.54, 1.807) is 11.4 Å². The number of hydrogen-bond donors (Lipinski definition) is 3. The number of carbonyl (C=O) groups excluding carboxylic acids is 1. The molecule has 3 N–H and O–H groups in total. The Hall–Kier alpha value is -2.55. The van der Waals surface area contributed by atoms with Crippen molar-refractivity contribution in [3.8, 4) is 0 Å². The first kappa shape index (κ1) is 12.9. The van der Waals surface area contributed by atoms with Gasteiger partial charge in [0.1, 0.15) is 0 Å². The van der Waals surface area contributed by atoms with Crippen LogP contribution in [0.5, 0.6) is 0 Å². The number of thiophene rings is 1. The van der Waals surface area contributed by atoms with E-state index in [4.69, 9.17) is 5.11 Å². The van der Waals surface area contributed by atoms with Gasteiger partial charge in [0.05, 0.1) is 11.4 Å². The molecule has 0 aliphatic heterocycles. The Morgan fingerprint density at radius 2 is 2.37 bits per heavy atom. The maximum Gasteiger partial charge on any atom is 0.328 e. The Bertz CT molecular complexity index is 604. The molecule has 0 aliphatic carbocycles. The minimum absolute atomic E-state index is 0.148. The van der Waals surface area contributed by atoms with E-state index in [0.29, 0.717) is 16.3 Å². The van der Waals surface area contributed by atoms with E-state index in [1.807, 2.05) is 0 Å². The lowest BCUT2D eigenvalue weighted by Crippen LogP contribution is -2.23. The van der Waals surface area contributed by atoms with Gasteiger partial charge in [-0.3, -0.25) is 4.79 Å². The van der Waals surface area contributed by atoms with Crippen molar-refractivity contribution in [1.29, 1.82) is 0 Å². The van der Waals surface area contributed by atoms with E-state index in [9.17, 15) is 9.59 Å². The molecular formula is C10H9N5O3S. The average Bonchev–Trinajstić information content (AvgIpc) is 3.04. The lowest BCUT2D eigenvalue weighted by Gasteiger charge is -2.01. The molecule has 2 heterocycles. The van der Waals surface area contributed by atoms with Crippen LogP contribution in [0.15, 0.2) is 17.5 Å².